The van der Waals surface area contributed by atoms with Crippen LogP contribution >= 0.6 is 0 Å². The second kappa shape index (κ2) is 9.10. The maximum atomic E-state index is 12.8. The Balaban J connectivity index is 1.35. The highest BCUT2D eigenvalue weighted by molar-refractivity contribution is 5.87. The standard InChI is InChI=1S/C24H29N5O3/c1-28(23(31)19(25)15-17-4-6-18(30)7-5-17)16-24(32)9-13-29(14-10-24)21-8-12-26-20-3-2-11-27-22(20)21/h2-8,11-12,19,30,32H,9-10,13-16,25H2,1H3/t19-/m0/s1. The van der Waals surface area contributed by atoms with Crippen molar-refractivity contribution in [3.8, 4) is 5.75 Å². The van der Waals surface area contributed by atoms with Gasteiger partial charge in [0.2, 0.25) is 5.91 Å². The second-order valence-corrected chi connectivity index (χ2v) is 8.58. The number of nitrogens with zero attached hydrogens (tertiary/aromatic N) is 4. The first-order valence-electron chi connectivity index (χ1n) is 10.8. The number of hydrogen-bond donors (Lipinski definition) is 3. The van der Waals surface area contributed by atoms with Gasteiger partial charge >= 0.3 is 0 Å². The monoisotopic (exact) mass is 435 g/mol. The molecule has 1 aliphatic rings. The minimum absolute atomic E-state index is 0.176. The van der Waals surface area contributed by atoms with Gasteiger partial charge in [-0.05, 0) is 55.2 Å². The summed E-state index contributed by atoms with van der Waals surface area (Å²) in [7, 11) is 1.68. The molecule has 3 heterocycles. The highest BCUT2D eigenvalue weighted by Crippen LogP contribution is 2.30. The fourth-order valence-electron chi connectivity index (χ4n) is 4.32. The topological polar surface area (TPSA) is 116 Å². The molecule has 0 aliphatic carbocycles. The number of aliphatic hydroxyl groups is 1. The Labute approximate surface area is 187 Å². The van der Waals surface area contributed by atoms with Gasteiger partial charge in [-0.2, -0.15) is 0 Å². The van der Waals surface area contributed by atoms with Gasteiger partial charge < -0.3 is 25.7 Å². The number of phenolic OH excluding ortho intramolecular Hbond substituents is 1. The van der Waals surface area contributed by atoms with Crippen molar-refractivity contribution in [2.75, 3.05) is 31.6 Å². The summed E-state index contributed by atoms with van der Waals surface area (Å²) in [6.07, 6.45) is 4.98. The van der Waals surface area contributed by atoms with E-state index in [0.717, 1.165) is 22.3 Å². The molecular formula is C24H29N5O3. The van der Waals surface area contributed by atoms with Crippen molar-refractivity contribution in [1.82, 2.24) is 14.9 Å². The highest BCUT2D eigenvalue weighted by Gasteiger charge is 2.35. The van der Waals surface area contributed by atoms with Crippen LogP contribution in [0.1, 0.15) is 18.4 Å². The minimum atomic E-state index is -0.963. The summed E-state index contributed by atoms with van der Waals surface area (Å²) < 4.78 is 0. The summed E-state index contributed by atoms with van der Waals surface area (Å²) in [5.41, 5.74) is 8.76. The number of benzene rings is 1. The molecule has 0 saturated carbocycles. The number of likely N-dealkylation sites (N-methyl/N-ethyl adjacent to an activating group) is 1. The van der Waals surface area contributed by atoms with Gasteiger partial charge in [-0.25, -0.2) is 0 Å². The van der Waals surface area contributed by atoms with Crippen LogP contribution in [0.2, 0.25) is 0 Å². The lowest BCUT2D eigenvalue weighted by molar-refractivity contribution is -0.135. The molecule has 0 radical (unpaired) electrons. The average Bonchev–Trinajstić information content (AvgIpc) is 2.80. The van der Waals surface area contributed by atoms with Crippen molar-refractivity contribution in [3.63, 3.8) is 0 Å². The van der Waals surface area contributed by atoms with Crippen LogP contribution in [0.25, 0.3) is 11.0 Å². The molecule has 0 spiro atoms. The molecule has 168 valence electrons. The largest absolute Gasteiger partial charge is 0.508 e. The molecule has 4 rings (SSSR count). The first-order chi connectivity index (χ1) is 15.3. The summed E-state index contributed by atoms with van der Waals surface area (Å²) in [6.45, 7) is 1.56. The summed E-state index contributed by atoms with van der Waals surface area (Å²) >= 11 is 0. The number of amides is 1. The molecule has 1 amide bonds. The Kier molecular flexibility index (Phi) is 6.25. The smallest absolute Gasteiger partial charge is 0.239 e. The lowest BCUT2D eigenvalue weighted by atomic mass is 9.90. The predicted molar refractivity (Wildman–Crippen MR) is 123 cm³/mol. The van der Waals surface area contributed by atoms with E-state index in [1.165, 1.54) is 4.90 Å². The number of aromatic nitrogens is 2. The first kappa shape index (κ1) is 22.0. The van der Waals surface area contributed by atoms with Crippen molar-refractivity contribution in [3.05, 3.63) is 60.4 Å². The van der Waals surface area contributed by atoms with E-state index in [2.05, 4.69) is 14.9 Å². The van der Waals surface area contributed by atoms with Crippen LogP contribution in [0.5, 0.6) is 5.75 Å². The lowest BCUT2D eigenvalue weighted by Crippen LogP contribution is -2.54. The van der Waals surface area contributed by atoms with Crippen LogP contribution in [0.15, 0.2) is 54.9 Å². The van der Waals surface area contributed by atoms with Crippen LogP contribution in [-0.2, 0) is 11.2 Å². The number of pyridine rings is 2. The van der Waals surface area contributed by atoms with Crippen LogP contribution in [0.4, 0.5) is 5.69 Å². The first-order valence-corrected chi connectivity index (χ1v) is 10.8. The number of carbonyl (C=O) groups is 1. The van der Waals surface area contributed by atoms with E-state index < -0.39 is 11.6 Å². The Morgan fingerprint density at radius 2 is 1.88 bits per heavy atom. The Morgan fingerprint density at radius 1 is 1.16 bits per heavy atom. The fraction of sp³-hybridized carbons (Fsp3) is 0.375. The molecule has 8 nitrogen and oxygen atoms in total. The molecule has 4 N–H and O–H groups in total. The fourth-order valence-corrected chi connectivity index (χ4v) is 4.32. The van der Waals surface area contributed by atoms with Crippen molar-refractivity contribution < 1.29 is 15.0 Å². The summed E-state index contributed by atoms with van der Waals surface area (Å²) in [4.78, 5) is 25.4. The van der Waals surface area contributed by atoms with E-state index in [1.807, 2.05) is 18.2 Å². The van der Waals surface area contributed by atoms with Gasteiger partial charge in [0.1, 0.15) is 11.3 Å². The molecule has 1 saturated heterocycles. The number of aromatic hydroxyl groups is 1. The third kappa shape index (κ3) is 4.81. The molecule has 0 bridgehead atoms. The zero-order chi connectivity index (χ0) is 22.7. The third-order valence-corrected chi connectivity index (χ3v) is 6.13. The number of anilines is 1. The maximum Gasteiger partial charge on any atom is 0.239 e. The molecule has 1 atom stereocenters. The van der Waals surface area contributed by atoms with E-state index in [0.29, 0.717) is 32.4 Å². The molecule has 1 aliphatic heterocycles. The summed E-state index contributed by atoms with van der Waals surface area (Å²) in [6, 6.07) is 11.7. The second-order valence-electron chi connectivity index (χ2n) is 8.58. The van der Waals surface area contributed by atoms with Gasteiger partial charge in [0, 0.05) is 39.1 Å². The average molecular weight is 436 g/mol. The number of hydrogen-bond acceptors (Lipinski definition) is 7. The zero-order valence-corrected chi connectivity index (χ0v) is 18.2. The van der Waals surface area contributed by atoms with E-state index in [-0.39, 0.29) is 18.2 Å². The van der Waals surface area contributed by atoms with Crippen LogP contribution in [0.3, 0.4) is 0 Å². The number of piperidine rings is 1. The van der Waals surface area contributed by atoms with E-state index >= 15 is 0 Å². The van der Waals surface area contributed by atoms with E-state index in [9.17, 15) is 15.0 Å². The number of nitrogens with two attached hydrogens (primary N) is 1. The maximum absolute atomic E-state index is 12.8. The summed E-state index contributed by atoms with van der Waals surface area (Å²) in [5, 5.41) is 20.6. The van der Waals surface area contributed by atoms with Crippen molar-refractivity contribution in [2.45, 2.75) is 30.9 Å². The highest BCUT2D eigenvalue weighted by atomic mass is 16.3. The minimum Gasteiger partial charge on any atom is -0.508 e. The predicted octanol–water partition coefficient (Wildman–Crippen LogP) is 1.70. The van der Waals surface area contributed by atoms with Crippen molar-refractivity contribution in [1.29, 1.82) is 0 Å². The van der Waals surface area contributed by atoms with Crippen molar-refractivity contribution in [2.24, 2.45) is 5.73 Å². The van der Waals surface area contributed by atoms with Crippen LogP contribution in [0, 0.1) is 0 Å². The van der Waals surface area contributed by atoms with Gasteiger partial charge in [0.05, 0.1) is 22.8 Å². The van der Waals surface area contributed by atoms with E-state index in [4.69, 9.17) is 5.73 Å². The van der Waals surface area contributed by atoms with Crippen molar-refractivity contribution >= 4 is 22.6 Å². The number of rotatable bonds is 6. The van der Waals surface area contributed by atoms with Crippen LogP contribution < -0.4 is 10.6 Å². The normalized spacial score (nSPS) is 16.7. The van der Waals surface area contributed by atoms with Gasteiger partial charge in [0.25, 0.3) is 0 Å². The number of fused-ring (bicyclic) bond motifs is 1. The number of carbonyl (C=O) groups excluding carboxylic acids is 1. The van der Waals surface area contributed by atoms with Gasteiger partial charge in [-0.1, -0.05) is 12.1 Å². The molecule has 1 fully saturated rings. The quantitative estimate of drug-likeness (QED) is 0.540. The molecule has 3 aromatic rings. The molecule has 2 aromatic heterocycles. The third-order valence-electron chi connectivity index (χ3n) is 6.13. The van der Waals surface area contributed by atoms with E-state index in [1.54, 1.807) is 43.7 Å². The molecule has 32 heavy (non-hydrogen) atoms. The SMILES string of the molecule is CN(CC1(O)CCN(c2ccnc3cccnc23)CC1)C(=O)[C@@H](N)Cc1ccc(O)cc1. The lowest BCUT2D eigenvalue weighted by Gasteiger charge is -2.41. The van der Waals surface area contributed by atoms with Crippen LogP contribution in [-0.4, -0.2) is 69.3 Å². The summed E-state index contributed by atoms with van der Waals surface area (Å²) in [5.74, 6) is -0.0341. The Hall–Kier alpha value is -3.23. The molecule has 1 aromatic carbocycles. The zero-order valence-electron chi connectivity index (χ0n) is 18.2. The molecular weight excluding hydrogens is 406 g/mol. The van der Waals surface area contributed by atoms with Gasteiger partial charge in [0.15, 0.2) is 0 Å². The molecule has 8 heteroatoms. The Bertz CT molecular complexity index is 1080. The Morgan fingerprint density at radius 3 is 2.59 bits per heavy atom. The van der Waals surface area contributed by atoms with Gasteiger partial charge in [-0.3, -0.25) is 14.8 Å². The molecule has 0 unspecified atom stereocenters. The number of phenols is 1. The van der Waals surface area contributed by atoms with Gasteiger partial charge in [-0.15, -0.1) is 0 Å².